The van der Waals surface area contributed by atoms with E-state index in [1.54, 1.807) is 30.3 Å². The van der Waals surface area contributed by atoms with Gasteiger partial charge in [0.15, 0.2) is 4.75 Å². The number of carbonyl (C=O) groups is 1. The third kappa shape index (κ3) is 2.12. The highest BCUT2D eigenvalue weighted by Gasteiger charge is 2.74. The monoisotopic (exact) mass is 322 g/mol. The van der Waals surface area contributed by atoms with Gasteiger partial charge in [0.1, 0.15) is 12.4 Å². The average molecular weight is 322 g/mol. The minimum atomic E-state index is -3.55. The van der Waals surface area contributed by atoms with E-state index >= 15 is 0 Å². The molecule has 1 aromatic carbocycles. The summed E-state index contributed by atoms with van der Waals surface area (Å²) in [5.41, 5.74) is 0.556. The van der Waals surface area contributed by atoms with Gasteiger partial charge in [0.25, 0.3) is 0 Å². The number of rotatable bonds is 5. The molecule has 0 aromatic heterocycles. The largest absolute Gasteiger partial charge is 0.490 e. The fourth-order valence-corrected chi connectivity index (χ4v) is 5.07. The molecule has 22 heavy (non-hydrogen) atoms. The molecule has 2 atom stereocenters. The van der Waals surface area contributed by atoms with Crippen LogP contribution in [0.2, 0.25) is 0 Å². The minimum absolute atomic E-state index is 0.0994. The van der Waals surface area contributed by atoms with Gasteiger partial charge in [-0.05, 0) is 30.7 Å². The average Bonchev–Trinajstić information content (AvgIpc) is 3.17. The Balaban J connectivity index is 1.72. The lowest BCUT2D eigenvalue weighted by Crippen LogP contribution is -2.40. The van der Waals surface area contributed by atoms with Gasteiger partial charge in [-0.1, -0.05) is 12.7 Å². The molecule has 1 aliphatic carbocycles. The van der Waals surface area contributed by atoms with Crippen LogP contribution in [-0.2, 0) is 14.8 Å². The normalized spacial score (nSPS) is 28.7. The van der Waals surface area contributed by atoms with E-state index in [1.165, 1.54) is 11.4 Å². The number of anilines is 1. The Labute approximate surface area is 129 Å². The number of sulfonamides is 1. The smallest absolute Gasteiger partial charge is 0.247 e. The van der Waals surface area contributed by atoms with E-state index in [0.29, 0.717) is 31.0 Å². The molecular weight excluding hydrogens is 304 g/mol. The van der Waals surface area contributed by atoms with Crippen LogP contribution in [-0.4, -0.2) is 43.6 Å². The van der Waals surface area contributed by atoms with Gasteiger partial charge in [-0.15, -0.1) is 0 Å². The van der Waals surface area contributed by atoms with Crippen molar-refractivity contribution in [1.29, 1.82) is 0 Å². The molecule has 1 amide bonds. The SMILES string of the molecule is C=CCOc1ccc(NC(=O)[C@@]23C[C@H]2CN(C)S3(=O)=O)cc1. The van der Waals surface area contributed by atoms with Crippen LogP contribution in [0.4, 0.5) is 5.69 Å². The van der Waals surface area contributed by atoms with Crippen molar-refractivity contribution >= 4 is 21.6 Å². The van der Waals surface area contributed by atoms with Crippen LogP contribution in [0.1, 0.15) is 6.42 Å². The summed E-state index contributed by atoms with van der Waals surface area (Å²) in [6, 6.07) is 6.82. The lowest BCUT2D eigenvalue weighted by atomic mass is 10.2. The number of nitrogens with zero attached hydrogens (tertiary/aromatic N) is 1. The van der Waals surface area contributed by atoms with Crippen molar-refractivity contribution in [1.82, 2.24) is 4.31 Å². The van der Waals surface area contributed by atoms with Gasteiger partial charge in [0.2, 0.25) is 15.9 Å². The van der Waals surface area contributed by atoms with Gasteiger partial charge < -0.3 is 10.1 Å². The van der Waals surface area contributed by atoms with E-state index in [4.69, 9.17) is 4.74 Å². The molecule has 0 radical (unpaired) electrons. The van der Waals surface area contributed by atoms with Gasteiger partial charge in [-0.25, -0.2) is 12.7 Å². The van der Waals surface area contributed by atoms with Crippen molar-refractivity contribution in [3.8, 4) is 5.75 Å². The summed E-state index contributed by atoms with van der Waals surface area (Å²) in [4.78, 5) is 12.4. The first kappa shape index (κ1) is 15.1. The van der Waals surface area contributed by atoms with Crippen molar-refractivity contribution in [3.05, 3.63) is 36.9 Å². The second-order valence-corrected chi connectivity index (χ2v) is 7.96. The predicted octanol–water partition coefficient (Wildman–Crippen LogP) is 1.22. The molecule has 1 saturated heterocycles. The maximum absolute atomic E-state index is 12.4. The van der Waals surface area contributed by atoms with E-state index in [-0.39, 0.29) is 5.92 Å². The lowest BCUT2D eigenvalue weighted by molar-refractivity contribution is -0.116. The zero-order chi connectivity index (χ0) is 16.0. The second kappa shape index (κ2) is 5.10. The van der Waals surface area contributed by atoms with E-state index in [0.717, 1.165) is 0 Å². The van der Waals surface area contributed by atoms with Crippen LogP contribution in [0, 0.1) is 5.92 Å². The fraction of sp³-hybridized carbons (Fsp3) is 0.400. The first-order valence-electron chi connectivity index (χ1n) is 7.03. The highest BCUT2D eigenvalue weighted by molar-refractivity contribution is 7.92. The van der Waals surface area contributed by atoms with Crippen molar-refractivity contribution < 1.29 is 17.9 Å². The molecule has 1 aliphatic heterocycles. The molecule has 1 saturated carbocycles. The Hall–Kier alpha value is -1.86. The minimum Gasteiger partial charge on any atom is -0.490 e. The number of fused-ring (bicyclic) bond motifs is 1. The van der Waals surface area contributed by atoms with E-state index in [1.807, 2.05) is 0 Å². The van der Waals surface area contributed by atoms with E-state index in [2.05, 4.69) is 11.9 Å². The van der Waals surface area contributed by atoms with Gasteiger partial charge in [-0.2, -0.15) is 0 Å². The standard InChI is InChI=1S/C15H18N2O4S/c1-3-8-21-13-6-4-12(5-7-13)16-14(18)15-9-11(15)10-17(2)22(15,19)20/h3-7,11H,1,8-10H2,2H3,(H,16,18)/t11-,15+/m0/s1. The highest BCUT2D eigenvalue weighted by Crippen LogP contribution is 2.57. The third-order valence-electron chi connectivity index (χ3n) is 4.26. The molecule has 1 N–H and O–H groups in total. The molecule has 7 heteroatoms. The third-order valence-corrected chi connectivity index (χ3v) is 6.84. The van der Waals surface area contributed by atoms with Crippen LogP contribution >= 0.6 is 0 Å². The molecule has 1 heterocycles. The van der Waals surface area contributed by atoms with Gasteiger partial charge in [0.05, 0.1) is 0 Å². The number of nitrogens with one attached hydrogen (secondary N) is 1. The molecule has 2 aliphatic rings. The number of hydrogen-bond donors (Lipinski definition) is 1. The molecule has 2 fully saturated rings. The van der Waals surface area contributed by atoms with Crippen LogP contribution in [0.15, 0.2) is 36.9 Å². The second-order valence-electron chi connectivity index (χ2n) is 5.65. The predicted molar refractivity (Wildman–Crippen MR) is 83.2 cm³/mol. The quantitative estimate of drug-likeness (QED) is 0.827. The van der Waals surface area contributed by atoms with Crippen molar-refractivity contribution in [2.45, 2.75) is 11.2 Å². The molecular formula is C15H18N2O4S. The van der Waals surface area contributed by atoms with Gasteiger partial charge >= 0.3 is 0 Å². The molecule has 1 aromatic rings. The Morgan fingerprint density at radius 1 is 1.50 bits per heavy atom. The number of hydrogen-bond acceptors (Lipinski definition) is 4. The summed E-state index contributed by atoms with van der Waals surface area (Å²) in [5.74, 6) is 0.118. The number of amides is 1. The summed E-state index contributed by atoms with van der Waals surface area (Å²) in [7, 11) is -2.03. The number of carbonyl (C=O) groups excluding carboxylic acids is 1. The molecule has 0 bridgehead atoms. The summed E-state index contributed by atoms with van der Waals surface area (Å²) >= 11 is 0. The molecule has 6 nitrogen and oxygen atoms in total. The Bertz CT molecular complexity index is 714. The van der Waals surface area contributed by atoms with Crippen LogP contribution in [0.3, 0.4) is 0 Å². The highest BCUT2D eigenvalue weighted by atomic mass is 32.2. The van der Waals surface area contributed by atoms with Crippen LogP contribution in [0.5, 0.6) is 5.75 Å². The summed E-state index contributed by atoms with van der Waals surface area (Å²) in [6.45, 7) is 4.39. The Morgan fingerprint density at radius 2 is 2.18 bits per heavy atom. The van der Waals surface area contributed by atoms with E-state index in [9.17, 15) is 13.2 Å². The summed E-state index contributed by atoms with van der Waals surface area (Å²) in [5, 5.41) is 2.71. The molecule has 0 unspecified atom stereocenters. The van der Waals surface area contributed by atoms with Crippen LogP contribution in [0.25, 0.3) is 0 Å². The van der Waals surface area contributed by atoms with Crippen molar-refractivity contribution in [3.63, 3.8) is 0 Å². The van der Waals surface area contributed by atoms with Crippen molar-refractivity contribution in [2.75, 3.05) is 25.5 Å². The molecule has 0 spiro atoms. The fourth-order valence-electron chi connectivity index (χ4n) is 2.94. The zero-order valence-corrected chi connectivity index (χ0v) is 13.1. The Morgan fingerprint density at radius 3 is 2.73 bits per heavy atom. The van der Waals surface area contributed by atoms with Gasteiger partial charge in [0, 0.05) is 25.2 Å². The molecule has 118 valence electrons. The first-order valence-corrected chi connectivity index (χ1v) is 8.47. The number of ether oxygens (including phenoxy) is 1. The number of benzene rings is 1. The maximum Gasteiger partial charge on any atom is 0.247 e. The maximum atomic E-state index is 12.4. The summed E-state index contributed by atoms with van der Waals surface area (Å²) < 4.78 is 30.0. The van der Waals surface area contributed by atoms with Crippen molar-refractivity contribution in [2.24, 2.45) is 5.92 Å². The van der Waals surface area contributed by atoms with E-state index < -0.39 is 20.7 Å². The summed E-state index contributed by atoms with van der Waals surface area (Å²) in [6.07, 6.45) is 2.05. The van der Waals surface area contributed by atoms with Gasteiger partial charge in [-0.3, -0.25) is 4.79 Å². The molecule has 3 rings (SSSR count). The van der Waals surface area contributed by atoms with Crippen LogP contribution < -0.4 is 10.1 Å². The zero-order valence-electron chi connectivity index (χ0n) is 12.3. The topological polar surface area (TPSA) is 75.7 Å². The Kier molecular flexibility index (Phi) is 3.49. The first-order chi connectivity index (χ1) is 10.4. The lowest BCUT2D eigenvalue weighted by Gasteiger charge is -2.17.